The van der Waals surface area contributed by atoms with Crippen LogP contribution in [0.15, 0.2) is 42.9 Å². The molecule has 1 aromatic carbocycles. The predicted molar refractivity (Wildman–Crippen MR) is 85.0 cm³/mol. The molecule has 0 unspecified atom stereocenters. The molecular weight excluding hydrogens is 293 g/mol. The van der Waals surface area contributed by atoms with Crippen LogP contribution in [0.3, 0.4) is 0 Å². The number of nitrogens with zero attached hydrogens (tertiary/aromatic N) is 3. The summed E-state index contributed by atoms with van der Waals surface area (Å²) in [4.78, 5) is 22.7. The third-order valence-corrected chi connectivity index (χ3v) is 4.42. The number of amides is 1. The molecule has 23 heavy (non-hydrogen) atoms. The molecule has 0 aliphatic carbocycles. The van der Waals surface area contributed by atoms with Gasteiger partial charge in [0.05, 0.1) is 11.7 Å². The minimum atomic E-state index is -0.256. The van der Waals surface area contributed by atoms with Crippen LogP contribution in [-0.2, 0) is 11.2 Å². The molecule has 0 spiro atoms. The Morgan fingerprint density at radius 2 is 2.26 bits per heavy atom. The molecule has 120 valence electrons. The average Bonchev–Trinajstić information content (AvgIpc) is 2.95. The van der Waals surface area contributed by atoms with E-state index in [9.17, 15) is 9.18 Å². The molecular formula is C18H20FN3O. The Labute approximate surface area is 135 Å². The van der Waals surface area contributed by atoms with E-state index < -0.39 is 0 Å². The highest BCUT2D eigenvalue weighted by molar-refractivity contribution is 5.77. The van der Waals surface area contributed by atoms with Crippen molar-refractivity contribution in [2.24, 2.45) is 5.92 Å². The average molecular weight is 313 g/mol. The first-order valence-electron chi connectivity index (χ1n) is 7.95. The number of benzene rings is 1. The first kappa shape index (κ1) is 15.6. The Hall–Kier alpha value is -2.30. The van der Waals surface area contributed by atoms with Crippen molar-refractivity contribution in [2.75, 3.05) is 6.54 Å². The van der Waals surface area contributed by atoms with E-state index in [1.807, 2.05) is 11.0 Å². The summed E-state index contributed by atoms with van der Waals surface area (Å²) in [6.07, 6.45) is 6.85. The molecule has 4 nitrogen and oxygen atoms in total. The van der Waals surface area contributed by atoms with Gasteiger partial charge in [0.2, 0.25) is 5.91 Å². The van der Waals surface area contributed by atoms with Gasteiger partial charge in [0.1, 0.15) is 5.82 Å². The quantitative estimate of drug-likeness (QED) is 0.871. The molecule has 1 fully saturated rings. The second-order valence-corrected chi connectivity index (χ2v) is 6.05. The third kappa shape index (κ3) is 3.55. The zero-order valence-corrected chi connectivity index (χ0v) is 13.2. The van der Waals surface area contributed by atoms with Crippen LogP contribution < -0.4 is 0 Å². The van der Waals surface area contributed by atoms with E-state index in [0.717, 1.165) is 24.2 Å². The highest BCUT2D eigenvalue weighted by Gasteiger charge is 2.35. The lowest BCUT2D eigenvalue weighted by atomic mass is 9.95. The second kappa shape index (κ2) is 6.86. The van der Waals surface area contributed by atoms with Crippen molar-refractivity contribution in [1.29, 1.82) is 0 Å². The fraction of sp³-hybridized carbons (Fsp3) is 0.389. The maximum absolute atomic E-state index is 13.5. The van der Waals surface area contributed by atoms with Crippen LogP contribution in [0.5, 0.6) is 0 Å². The van der Waals surface area contributed by atoms with Gasteiger partial charge in [-0.3, -0.25) is 14.8 Å². The number of halogens is 1. The van der Waals surface area contributed by atoms with E-state index in [1.165, 1.54) is 12.1 Å². The topological polar surface area (TPSA) is 46.1 Å². The first-order chi connectivity index (χ1) is 11.1. The van der Waals surface area contributed by atoms with Crippen LogP contribution >= 0.6 is 0 Å². The normalized spacial score (nSPS) is 20.7. The van der Waals surface area contributed by atoms with Crippen LogP contribution in [0.1, 0.15) is 37.1 Å². The van der Waals surface area contributed by atoms with Crippen LogP contribution in [0.25, 0.3) is 0 Å². The lowest BCUT2D eigenvalue weighted by Gasteiger charge is -2.27. The molecule has 1 aromatic heterocycles. The monoisotopic (exact) mass is 313 g/mol. The molecule has 3 rings (SSSR count). The number of rotatable bonds is 4. The maximum atomic E-state index is 13.5. The summed E-state index contributed by atoms with van der Waals surface area (Å²) < 4.78 is 13.5. The highest BCUT2D eigenvalue weighted by atomic mass is 19.1. The summed E-state index contributed by atoms with van der Waals surface area (Å²) in [7, 11) is 0. The van der Waals surface area contributed by atoms with Crippen LogP contribution in [0.2, 0.25) is 0 Å². The fourth-order valence-corrected chi connectivity index (χ4v) is 3.26. The fourth-order valence-electron chi connectivity index (χ4n) is 3.26. The van der Waals surface area contributed by atoms with E-state index in [2.05, 4.69) is 16.9 Å². The summed E-state index contributed by atoms with van der Waals surface area (Å²) >= 11 is 0. The van der Waals surface area contributed by atoms with Crippen molar-refractivity contribution in [2.45, 2.75) is 32.2 Å². The molecule has 1 saturated heterocycles. The Balaban J connectivity index is 1.71. The van der Waals surface area contributed by atoms with Crippen molar-refractivity contribution >= 4 is 5.91 Å². The molecule has 1 aliphatic rings. The van der Waals surface area contributed by atoms with E-state index in [-0.39, 0.29) is 17.8 Å². The summed E-state index contributed by atoms with van der Waals surface area (Å²) in [6, 6.07) is 6.54. The van der Waals surface area contributed by atoms with Crippen molar-refractivity contribution in [3.63, 3.8) is 0 Å². The van der Waals surface area contributed by atoms with Gasteiger partial charge in [-0.2, -0.15) is 0 Å². The number of carbonyl (C=O) groups excluding carboxylic acids is 1. The summed E-state index contributed by atoms with van der Waals surface area (Å²) in [5.41, 5.74) is 1.69. The molecule has 1 aliphatic heterocycles. The van der Waals surface area contributed by atoms with Crippen molar-refractivity contribution < 1.29 is 9.18 Å². The van der Waals surface area contributed by atoms with E-state index >= 15 is 0 Å². The van der Waals surface area contributed by atoms with Gasteiger partial charge in [-0.15, -0.1) is 0 Å². The van der Waals surface area contributed by atoms with E-state index in [4.69, 9.17) is 0 Å². The van der Waals surface area contributed by atoms with Gasteiger partial charge in [0.25, 0.3) is 0 Å². The molecule has 2 heterocycles. The smallest absolute Gasteiger partial charge is 0.223 e. The zero-order valence-electron chi connectivity index (χ0n) is 13.2. The Morgan fingerprint density at radius 1 is 1.39 bits per heavy atom. The third-order valence-electron chi connectivity index (χ3n) is 4.42. The van der Waals surface area contributed by atoms with Gasteiger partial charge >= 0.3 is 0 Å². The molecule has 0 radical (unpaired) electrons. The number of aryl methyl sites for hydroxylation is 1. The number of hydrogen-bond donors (Lipinski definition) is 0. The summed E-state index contributed by atoms with van der Waals surface area (Å²) in [5.74, 6) is 0.167. The molecule has 1 amide bonds. The van der Waals surface area contributed by atoms with E-state index in [0.29, 0.717) is 18.8 Å². The van der Waals surface area contributed by atoms with Gasteiger partial charge in [-0.25, -0.2) is 4.39 Å². The zero-order chi connectivity index (χ0) is 16.2. The molecule has 2 aromatic rings. The minimum Gasteiger partial charge on any atom is -0.335 e. The molecule has 5 heteroatoms. The van der Waals surface area contributed by atoms with Crippen LogP contribution in [0, 0.1) is 11.7 Å². The highest BCUT2D eigenvalue weighted by Crippen LogP contribution is 2.37. The number of hydrogen-bond acceptors (Lipinski definition) is 3. The van der Waals surface area contributed by atoms with E-state index in [1.54, 1.807) is 24.7 Å². The van der Waals surface area contributed by atoms with Gasteiger partial charge in [-0.05, 0) is 36.5 Å². The largest absolute Gasteiger partial charge is 0.335 e. The van der Waals surface area contributed by atoms with Crippen molar-refractivity contribution in [3.05, 3.63) is 59.9 Å². The summed E-state index contributed by atoms with van der Waals surface area (Å²) in [5, 5.41) is 0. The van der Waals surface area contributed by atoms with Gasteiger partial charge < -0.3 is 4.90 Å². The number of likely N-dealkylation sites (tertiary alicyclic amines) is 1. The van der Waals surface area contributed by atoms with Gasteiger partial charge in [0.15, 0.2) is 0 Å². The molecule has 0 bridgehead atoms. The minimum absolute atomic E-state index is 0.0416. The lowest BCUT2D eigenvalue weighted by molar-refractivity contribution is -0.132. The Bertz CT molecular complexity index is 677. The molecule has 0 saturated carbocycles. The second-order valence-electron chi connectivity index (χ2n) is 6.05. The molecule has 0 N–H and O–H groups in total. The SMILES string of the molecule is C[C@H]1CCN(C(=O)CCc2cnccn2)[C@@H]1c1cccc(F)c1. The van der Waals surface area contributed by atoms with Gasteiger partial charge in [-0.1, -0.05) is 19.1 Å². The van der Waals surface area contributed by atoms with Crippen molar-refractivity contribution in [3.8, 4) is 0 Å². The van der Waals surface area contributed by atoms with Gasteiger partial charge in [0, 0.05) is 31.6 Å². The Morgan fingerprint density at radius 3 is 3.00 bits per heavy atom. The first-order valence-corrected chi connectivity index (χ1v) is 7.95. The number of carbonyl (C=O) groups is 1. The van der Waals surface area contributed by atoms with Crippen molar-refractivity contribution in [1.82, 2.24) is 14.9 Å². The molecule has 2 atom stereocenters. The van der Waals surface area contributed by atoms with Crippen LogP contribution in [0.4, 0.5) is 4.39 Å². The van der Waals surface area contributed by atoms with Crippen LogP contribution in [-0.4, -0.2) is 27.3 Å². The Kier molecular flexibility index (Phi) is 4.65. The maximum Gasteiger partial charge on any atom is 0.223 e. The standard InChI is InChI=1S/C18H20FN3O/c1-13-7-10-22(18(13)14-3-2-4-15(19)11-14)17(23)6-5-16-12-20-8-9-21-16/h2-4,8-9,11-13,18H,5-7,10H2,1H3/t13-,18-/m0/s1. The predicted octanol–water partition coefficient (Wildman–Crippen LogP) is 3.16. The number of aromatic nitrogens is 2. The lowest BCUT2D eigenvalue weighted by Crippen LogP contribution is -2.32. The summed E-state index contributed by atoms with van der Waals surface area (Å²) in [6.45, 7) is 2.84.